The lowest BCUT2D eigenvalue weighted by Gasteiger charge is -2.41. The summed E-state index contributed by atoms with van der Waals surface area (Å²) < 4.78 is 11.0. The number of hydrogen-bond donors (Lipinski definition) is 2. The molecule has 2 aromatic carbocycles. The number of morpholine rings is 1. The number of benzene rings is 2. The summed E-state index contributed by atoms with van der Waals surface area (Å²) in [5.41, 5.74) is 1.76. The molecule has 34 heavy (non-hydrogen) atoms. The molecule has 1 saturated heterocycles. The van der Waals surface area contributed by atoms with Crippen LogP contribution in [0, 0.1) is 0 Å². The van der Waals surface area contributed by atoms with Gasteiger partial charge in [-0.25, -0.2) is 9.59 Å². The summed E-state index contributed by atoms with van der Waals surface area (Å²) in [5.74, 6) is -1.58. The zero-order chi connectivity index (χ0) is 24.5. The summed E-state index contributed by atoms with van der Waals surface area (Å²) >= 11 is 0. The molecule has 0 saturated carbocycles. The number of carbonyl (C=O) groups is 3. The minimum atomic E-state index is -1.48. The van der Waals surface area contributed by atoms with Gasteiger partial charge in [-0.2, -0.15) is 0 Å². The molecule has 0 bridgehead atoms. The Hall–Kier alpha value is -3.39. The number of alkyl carbamates (subject to hydrolysis) is 1. The number of amides is 2. The average molecular weight is 467 g/mol. The third-order valence-electron chi connectivity index (χ3n) is 6.91. The van der Waals surface area contributed by atoms with Crippen molar-refractivity contribution < 1.29 is 29.0 Å². The Morgan fingerprint density at radius 1 is 1.15 bits per heavy atom. The standard InChI is InChI=1S/C26H30N2O6/c1-4-25(2,22(29)28-13-14-34-26(3,16-28)23(30)31)27-24(32)33-15-21-19-11-7-5-9-17(19)18-10-6-8-12-20(18)21/h5-12,21H,4,13-16H2,1-3H3,(H,27,32)(H,30,31). The first-order valence-electron chi connectivity index (χ1n) is 11.5. The molecular weight excluding hydrogens is 436 g/mol. The minimum absolute atomic E-state index is 0.0859. The van der Waals surface area contributed by atoms with Gasteiger partial charge in [-0.15, -0.1) is 0 Å². The van der Waals surface area contributed by atoms with Crippen LogP contribution in [0.25, 0.3) is 11.1 Å². The molecule has 2 N–H and O–H groups in total. The second-order valence-electron chi connectivity index (χ2n) is 9.25. The molecule has 2 amide bonds. The monoisotopic (exact) mass is 466 g/mol. The summed E-state index contributed by atoms with van der Waals surface area (Å²) in [7, 11) is 0. The van der Waals surface area contributed by atoms with Crippen molar-refractivity contribution in [3.63, 3.8) is 0 Å². The van der Waals surface area contributed by atoms with Crippen molar-refractivity contribution in [2.24, 2.45) is 0 Å². The van der Waals surface area contributed by atoms with E-state index in [2.05, 4.69) is 17.4 Å². The molecule has 0 spiro atoms. The van der Waals surface area contributed by atoms with E-state index in [9.17, 15) is 19.5 Å². The van der Waals surface area contributed by atoms with E-state index in [1.165, 1.54) is 11.8 Å². The first-order valence-corrected chi connectivity index (χ1v) is 11.5. The summed E-state index contributed by atoms with van der Waals surface area (Å²) in [4.78, 5) is 39.1. The van der Waals surface area contributed by atoms with Gasteiger partial charge in [-0.1, -0.05) is 55.5 Å². The van der Waals surface area contributed by atoms with Gasteiger partial charge in [0.15, 0.2) is 5.60 Å². The highest BCUT2D eigenvalue weighted by Gasteiger charge is 2.45. The predicted octanol–water partition coefficient (Wildman–Crippen LogP) is 3.40. The van der Waals surface area contributed by atoms with Crippen molar-refractivity contribution in [2.75, 3.05) is 26.3 Å². The van der Waals surface area contributed by atoms with Crippen molar-refractivity contribution in [3.05, 3.63) is 59.7 Å². The fourth-order valence-corrected chi connectivity index (χ4v) is 4.67. The Labute approximate surface area is 198 Å². The lowest BCUT2D eigenvalue weighted by Crippen LogP contribution is -2.63. The van der Waals surface area contributed by atoms with E-state index >= 15 is 0 Å². The Kier molecular flexibility index (Phi) is 6.36. The Morgan fingerprint density at radius 3 is 2.29 bits per heavy atom. The van der Waals surface area contributed by atoms with Crippen molar-refractivity contribution in [1.29, 1.82) is 0 Å². The smallest absolute Gasteiger partial charge is 0.408 e. The predicted molar refractivity (Wildman–Crippen MR) is 125 cm³/mol. The van der Waals surface area contributed by atoms with Crippen LogP contribution in [0.1, 0.15) is 44.2 Å². The van der Waals surface area contributed by atoms with Crippen LogP contribution in [0.2, 0.25) is 0 Å². The third kappa shape index (κ3) is 4.25. The van der Waals surface area contributed by atoms with Gasteiger partial charge >= 0.3 is 12.1 Å². The van der Waals surface area contributed by atoms with Crippen LogP contribution in [-0.4, -0.2) is 65.4 Å². The van der Waals surface area contributed by atoms with Gasteiger partial charge in [0.05, 0.1) is 13.2 Å². The molecule has 180 valence electrons. The van der Waals surface area contributed by atoms with Crippen LogP contribution in [0.15, 0.2) is 48.5 Å². The fraction of sp³-hybridized carbons (Fsp3) is 0.423. The topological polar surface area (TPSA) is 105 Å². The maximum absolute atomic E-state index is 13.3. The van der Waals surface area contributed by atoms with Gasteiger partial charge in [0.25, 0.3) is 0 Å². The molecule has 1 fully saturated rings. The second-order valence-corrected chi connectivity index (χ2v) is 9.25. The molecule has 1 aliphatic carbocycles. The fourth-order valence-electron chi connectivity index (χ4n) is 4.67. The SMILES string of the molecule is CCC(C)(NC(=O)OCC1c2ccccc2-c2ccccc21)C(=O)N1CCOC(C)(C(=O)O)C1. The number of nitrogens with zero attached hydrogens (tertiary/aromatic N) is 1. The molecule has 2 unspecified atom stereocenters. The number of ether oxygens (including phenoxy) is 2. The van der Waals surface area contributed by atoms with E-state index in [0.29, 0.717) is 6.42 Å². The second kappa shape index (κ2) is 9.10. The molecular formula is C26H30N2O6. The van der Waals surface area contributed by atoms with Gasteiger partial charge in [0.1, 0.15) is 12.1 Å². The molecule has 8 heteroatoms. The highest BCUT2D eigenvalue weighted by molar-refractivity contribution is 5.90. The van der Waals surface area contributed by atoms with Crippen LogP contribution >= 0.6 is 0 Å². The lowest BCUT2D eigenvalue weighted by molar-refractivity contribution is -0.178. The minimum Gasteiger partial charge on any atom is -0.479 e. The van der Waals surface area contributed by atoms with Crippen molar-refractivity contribution in [3.8, 4) is 11.1 Å². The molecule has 4 rings (SSSR count). The van der Waals surface area contributed by atoms with Crippen molar-refractivity contribution in [2.45, 2.75) is 44.2 Å². The highest BCUT2D eigenvalue weighted by Crippen LogP contribution is 2.44. The number of rotatable bonds is 6. The van der Waals surface area contributed by atoms with Crippen LogP contribution in [-0.2, 0) is 19.1 Å². The average Bonchev–Trinajstić information content (AvgIpc) is 3.16. The zero-order valence-electron chi connectivity index (χ0n) is 19.7. The van der Waals surface area contributed by atoms with Crippen LogP contribution in [0.4, 0.5) is 4.79 Å². The summed E-state index contributed by atoms with van der Waals surface area (Å²) in [6.07, 6.45) is -0.370. The van der Waals surface area contributed by atoms with Gasteiger partial charge in [-0.3, -0.25) is 4.79 Å². The Bertz CT molecular complexity index is 1070. The molecule has 2 aromatic rings. The van der Waals surface area contributed by atoms with Crippen molar-refractivity contribution >= 4 is 18.0 Å². The molecule has 1 heterocycles. The number of fused-ring (bicyclic) bond motifs is 3. The summed E-state index contributed by atoms with van der Waals surface area (Å²) in [6, 6.07) is 16.1. The zero-order valence-corrected chi connectivity index (χ0v) is 19.7. The number of carbonyl (C=O) groups excluding carboxylic acids is 2. The normalized spacial score (nSPS) is 21.2. The Morgan fingerprint density at radius 2 is 1.74 bits per heavy atom. The van der Waals surface area contributed by atoms with Crippen molar-refractivity contribution in [1.82, 2.24) is 10.2 Å². The number of aliphatic carboxylic acids is 1. The van der Waals surface area contributed by atoms with E-state index in [1.54, 1.807) is 13.8 Å². The van der Waals surface area contributed by atoms with Gasteiger partial charge in [0.2, 0.25) is 5.91 Å². The number of hydrogen-bond acceptors (Lipinski definition) is 5. The van der Waals surface area contributed by atoms with E-state index in [0.717, 1.165) is 22.3 Å². The molecule has 2 aliphatic rings. The maximum Gasteiger partial charge on any atom is 0.408 e. The van der Waals surface area contributed by atoms with Gasteiger partial charge < -0.3 is 24.8 Å². The molecule has 8 nitrogen and oxygen atoms in total. The van der Waals surface area contributed by atoms with E-state index in [4.69, 9.17) is 9.47 Å². The summed E-state index contributed by atoms with van der Waals surface area (Å²) in [6.45, 7) is 5.27. The lowest BCUT2D eigenvalue weighted by atomic mass is 9.95. The number of carboxylic acid groups (broad SMARTS) is 1. The number of nitrogens with one attached hydrogen (secondary N) is 1. The molecule has 1 aliphatic heterocycles. The van der Waals surface area contributed by atoms with Crippen LogP contribution < -0.4 is 5.32 Å². The van der Waals surface area contributed by atoms with Gasteiger partial charge in [0, 0.05) is 12.5 Å². The van der Waals surface area contributed by atoms with E-state index < -0.39 is 23.2 Å². The summed E-state index contributed by atoms with van der Waals surface area (Å²) in [5, 5.41) is 12.2. The third-order valence-corrected chi connectivity index (χ3v) is 6.91. The molecule has 2 atom stereocenters. The maximum atomic E-state index is 13.3. The first-order chi connectivity index (χ1) is 16.2. The van der Waals surface area contributed by atoms with Gasteiger partial charge in [-0.05, 0) is 42.5 Å². The van der Waals surface area contributed by atoms with E-state index in [-0.39, 0.29) is 38.1 Å². The van der Waals surface area contributed by atoms with Crippen LogP contribution in [0.5, 0.6) is 0 Å². The molecule has 0 radical (unpaired) electrons. The van der Waals surface area contributed by atoms with Crippen LogP contribution in [0.3, 0.4) is 0 Å². The van der Waals surface area contributed by atoms with E-state index in [1.807, 2.05) is 36.4 Å². The largest absolute Gasteiger partial charge is 0.479 e. The molecule has 0 aromatic heterocycles. The highest BCUT2D eigenvalue weighted by atomic mass is 16.5. The quantitative estimate of drug-likeness (QED) is 0.676. The Balaban J connectivity index is 1.44. The number of carboxylic acids is 1. The first kappa shape index (κ1) is 23.8.